The SMILES string of the molecule is CC(O)(CNS(=O)(=O)c1cccc(Cl)c1)c1ccccc1. The Bertz CT molecular complexity index is 715. The summed E-state index contributed by atoms with van der Waals surface area (Å²) in [4.78, 5) is 0.0684. The molecule has 0 bridgehead atoms. The number of rotatable bonds is 5. The van der Waals surface area contributed by atoms with Crippen molar-refractivity contribution in [2.75, 3.05) is 6.54 Å². The van der Waals surface area contributed by atoms with Gasteiger partial charge in [-0.2, -0.15) is 0 Å². The van der Waals surface area contributed by atoms with Gasteiger partial charge in [-0.3, -0.25) is 0 Å². The number of halogens is 1. The van der Waals surface area contributed by atoms with Gasteiger partial charge in [0.1, 0.15) is 5.60 Å². The van der Waals surface area contributed by atoms with E-state index in [2.05, 4.69) is 4.72 Å². The second-order valence-corrected chi connectivity index (χ2v) is 7.13. The summed E-state index contributed by atoms with van der Waals surface area (Å²) in [7, 11) is -3.72. The van der Waals surface area contributed by atoms with Crippen molar-refractivity contribution in [1.82, 2.24) is 4.72 Å². The van der Waals surface area contributed by atoms with Crippen molar-refractivity contribution in [3.05, 3.63) is 65.2 Å². The quantitative estimate of drug-likeness (QED) is 0.887. The smallest absolute Gasteiger partial charge is 0.240 e. The van der Waals surface area contributed by atoms with Crippen molar-refractivity contribution in [3.63, 3.8) is 0 Å². The third kappa shape index (κ3) is 4.04. The molecule has 112 valence electrons. The van der Waals surface area contributed by atoms with Crippen molar-refractivity contribution >= 4 is 21.6 Å². The van der Waals surface area contributed by atoms with Gasteiger partial charge in [0.25, 0.3) is 0 Å². The number of aliphatic hydroxyl groups is 1. The van der Waals surface area contributed by atoms with Crippen LogP contribution in [0, 0.1) is 0 Å². The van der Waals surface area contributed by atoms with Crippen LogP contribution in [-0.2, 0) is 15.6 Å². The number of nitrogens with one attached hydrogen (secondary N) is 1. The fourth-order valence-electron chi connectivity index (χ4n) is 1.85. The third-order valence-electron chi connectivity index (χ3n) is 3.11. The van der Waals surface area contributed by atoms with Crippen LogP contribution in [0.1, 0.15) is 12.5 Å². The molecule has 0 saturated carbocycles. The van der Waals surface area contributed by atoms with E-state index in [9.17, 15) is 13.5 Å². The van der Waals surface area contributed by atoms with Gasteiger partial charge >= 0.3 is 0 Å². The summed E-state index contributed by atoms with van der Waals surface area (Å²) in [6.45, 7) is 1.43. The Balaban J connectivity index is 2.15. The molecule has 0 fully saturated rings. The fraction of sp³-hybridized carbons (Fsp3) is 0.200. The zero-order valence-corrected chi connectivity index (χ0v) is 13.0. The molecule has 1 atom stereocenters. The fourth-order valence-corrected chi connectivity index (χ4v) is 3.28. The van der Waals surface area contributed by atoms with Gasteiger partial charge in [-0.05, 0) is 30.7 Å². The van der Waals surface area contributed by atoms with Crippen LogP contribution >= 0.6 is 11.6 Å². The zero-order valence-electron chi connectivity index (χ0n) is 11.5. The molecule has 1 unspecified atom stereocenters. The highest BCUT2D eigenvalue weighted by atomic mass is 35.5. The highest BCUT2D eigenvalue weighted by Gasteiger charge is 2.26. The predicted octanol–water partition coefficient (Wildman–Crippen LogP) is 2.53. The van der Waals surface area contributed by atoms with E-state index in [-0.39, 0.29) is 11.4 Å². The Morgan fingerprint density at radius 1 is 1.14 bits per heavy atom. The molecule has 0 aromatic heterocycles. The van der Waals surface area contributed by atoms with E-state index < -0.39 is 15.6 Å². The van der Waals surface area contributed by atoms with Crippen LogP contribution in [0.4, 0.5) is 0 Å². The summed E-state index contributed by atoms with van der Waals surface area (Å²) >= 11 is 5.80. The number of hydrogen-bond acceptors (Lipinski definition) is 3. The number of benzene rings is 2. The van der Waals surface area contributed by atoms with Gasteiger partial charge in [0.05, 0.1) is 4.90 Å². The molecular formula is C15H16ClNO3S. The molecule has 21 heavy (non-hydrogen) atoms. The molecule has 2 N–H and O–H groups in total. The zero-order chi connectivity index (χ0) is 15.5. The molecule has 0 aliphatic heterocycles. The van der Waals surface area contributed by atoms with E-state index in [4.69, 9.17) is 11.6 Å². The molecule has 0 amide bonds. The Morgan fingerprint density at radius 3 is 2.43 bits per heavy atom. The molecule has 2 rings (SSSR count). The maximum absolute atomic E-state index is 12.2. The van der Waals surface area contributed by atoms with Crippen molar-refractivity contribution in [3.8, 4) is 0 Å². The minimum atomic E-state index is -3.72. The summed E-state index contributed by atoms with van der Waals surface area (Å²) in [5.74, 6) is 0. The summed E-state index contributed by atoms with van der Waals surface area (Å²) < 4.78 is 26.8. The molecule has 0 aliphatic rings. The van der Waals surface area contributed by atoms with Crippen LogP contribution in [0.2, 0.25) is 5.02 Å². The lowest BCUT2D eigenvalue weighted by atomic mass is 9.97. The molecule has 0 spiro atoms. The molecule has 0 heterocycles. The second-order valence-electron chi connectivity index (χ2n) is 4.92. The van der Waals surface area contributed by atoms with Gasteiger partial charge in [-0.15, -0.1) is 0 Å². The summed E-state index contributed by atoms with van der Waals surface area (Å²) in [5.41, 5.74) is -0.661. The number of hydrogen-bond donors (Lipinski definition) is 2. The van der Waals surface area contributed by atoms with Crippen LogP contribution < -0.4 is 4.72 Å². The highest BCUT2D eigenvalue weighted by molar-refractivity contribution is 7.89. The van der Waals surface area contributed by atoms with Gasteiger partial charge < -0.3 is 5.11 Å². The van der Waals surface area contributed by atoms with Crippen LogP contribution in [0.5, 0.6) is 0 Å². The molecule has 0 radical (unpaired) electrons. The Hall–Kier alpha value is -1.40. The normalized spacial score (nSPS) is 14.6. The summed E-state index contributed by atoms with van der Waals surface area (Å²) in [5, 5.41) is 10.7. The van der Waals surface area contributed by atoms with Crippen LogP contribution in [0.25, 0.3) is 0 Å². The Labute approximate surface area is 129 Å². The van der Waals surface area contributed by atoms with Gasteiger partial charge in [-0.1, -0.05) is 48.0 Å². The second kappa shape index (κ2) is 6.15. The summed E-state index contributed by atoms with van der Waals surface area (Å²) in [6, 6.07) is 14.9. The molecule has 0 aliphatic carbocycles. The standard InChI is InChI=1S/C15H16ClNO3S/c1-15(18,12-6-3-2-4-7-12)11-17-21(19,20)14-9-5-8-13(16)10-14/h2-10,17-18H,11H2,1H3. The van der Waals surface area contributed by atoms with Gasteiger partial charge in [0, 0.05) is 11.6 Å². The van der Waals surface area contributed by atoms with E-state index in [0.29, 0.717) is 10.6 Å². The number of sulfonamides is 1. The minimum absolute atomic E-state index is 0.0684. The molecular weight excluding hydrogens is 310 g/mol. The maximum atomic E-state index is 12.2. The molecule has 2 aromatic carbocycles. The van der Waals surface area contributed by atoms with E-state index in [1.165, 1.54) is 12.1 Å². The van der Waals surface area contributed by atoms with E-state index in [1.807, 2.05) is 6.07 Å². The summed E-state index contributed by atoms with van der Waals surface area (Å²) in [6.07, 6.45) is 0. The van der Waals surface area contributed by atoms with Crippen molar-refractivity contribution < 1.29 is 13.5 Å². The van der Waals surface area contributed by atoms with E-state index >= 15 is 0 Å². The Morgan fingerprint density at radius 2 is 1.81 bits per heavy atom. The maximum Gasteiger partial charge on any atom is 0.240 e. The Kier molecular flexibility index (Phi) is 4.68. The van der Waals surface area contributed by atoms with Crippen molar-refractivity contribution in [2.45, 2.75) is 17.4 Å². The van der Waals surface area contributed by atoms with Gasteiger partial charge in [-0.25, -0.2) is 13.1 Å². The van der Waals surface area contributed by atoms with Crippen LogP contribution in [-0.4, -0.2) is 20.1 Å². The minimum Gasteiger partial charge on any atom is -0.384 e. The lowest BCUT2D eigenvalue weighted by Crippen LogP contribution is -2.38. The highest BCUT2D eigenvalue weighted by Crippen LogP contribution is 2.21. The van der Waals surface area contributed by atoms with Gasteiger partial charge in [0.15, 0.2) is 0 Å². The average Bonchev–Trinajstić information content (AvgIpc) is 2.46. The molecule has 6 heteroatoms. The molecule has 4 nitrogen and oxygen atoms in total. The topological polar surface area (TPSA) is 66.4 Å². The lowest BCUT2D eigenvalue weighted by Gasteiger charge is -2.24. The van der Waals surface area contributed by atoms with E-state index in [1.54, 1.807) is 43.3 Å². The lowest BCUT2D eigenvalue weighted by molar-refractivity contribution is 0.0627. The van der Waals surface area contributed by atoms with E-state index in [0.717, 1.165) is 0 Å². The first-order valence-corrected chi connectivity index (χ1v) is 8.20. The average molecular weight is 326 g/mol. The molecule has 0 saturated heterocycles. The molecule has 2 aromatic rings. The largest absolute Gasteiger partial charge is 0.384 e. The van der Waals surface area contributed by atoms with Gasteiger partial charge in [0.2, 0.25) is 10.0 Å². The first-order chi connectivity index (χ1) is 9.81. The third-order valence-corrected chi connectivity index (χ3v) is 4.74. The van der Waals surface area contributed by atoms with Crippen LogP contribution in [0.3, 0.4) is 0 Å². The van der Waals surface area contributed by atoms with Crippen molar-refractivity contribution in [1.29, 1.82) is 0 Å². The predicted molar refractivity (Wildman–Crippen MR) is 82.7 cm³/mol. The monoisotopic (exact) mass is 325 g/mol. The first-order valence-electron chi connectivity index (χ1n) is 6.34. The van der Waals surface area contributed by atoms with Crippen molar-refractivity contribution in [2.24, 2.45) is 0 Å². The van der Waals surface area contributed by atoms with Crippen LogP contribution in [0.15, 0.2) is 59.5 Å². The first kappa shape index (κ1) is 16.0.